The summed E-state index contributed by atoms with van der Waals surface area (Å²) in [5.41, 5.74) is 2.42. The van der Waals surface area contributed by atoms with Crippen LogP contribution in [0.3, 0.4) is 0 Å². The van der Waals surface area contributed by atoms with Gasteiger partial charge in [0, 0.05) is 26.5 Å². The number of aliphatic hydroxyl groups excluding tert-OH is 1. The fourth-order valence-corrected chi connectivity index (χ4v) is 6.31. The van der Waals surface area contributed by atoms with Crippen LogP contribution in [0.25, 0.3) is 5.90 Å². The Balaban J connectivity index is 0.000000586. The number of hydrogen-bond acceptors (Lipinski definition) is 3. The van der Waals surface area contributed by atoms with Crippen molar-refractivity contribution < 1.29 is 82.5 Å². The van der Waals surface area contributed by atoms with E-state index in [1.54, 1.807) is 0 Å². The third-order valence-electron chi connectivity index (χ3n) is 7.44. The van der Waals surface area contributed by atoms with Gasteiger partial charge in [0.2, 0.25) is 0 Å². The van der Waals surface area contributed by atoms with E-state index in [0.29, 0.717) is 5.41 Å². The minimum atomic E-state index is -0.338. The second-order valence-corrected chi connectivity index (χ2v) is 8.44. The predicted octanol–water partition coefficient (Wildman–Crippen LogP) is 1.32. The summed E-state index contributed by atoms with van der Waals surface area (Å²) in [7, 11) is 0. The zero-order valence-electron chi connectivity index (χ0n) is 15.8. The maximum Gasteiger partial charge on any atom is 1.00 e. The van der Waals surface area contributed by atoms with Gasteiger partial charge in [0.05, 0.1) is 6.10 Å². The summed E-state index contributed by atoms with van der Waals surface area (Å²) in [6, 6.07) is 0. The Hall–Kier alpha value is 1.64. The monoisotopic (exact) mass is 542 g/mol. The number of nitrogens with two attached hydrogens (primary N) is 1. The van der Waals surface area contributed by atoms with Gasteiger partial charge in [-0.1, -0.05) is 44.1 Å². The zero-order valence-corrected chi connectivity index (χ0v) is 21.9. The van der Waals surface area contributed by atoms with E-state index in [4.69, 9.17) is 5.90 Å². The number of allylic oxidation sites excluding steroid dienone is 2. The molecule has 4 aliphatic carbocycles. The van der Waals surface area contributed by atoms with Crippen LogP contribution in [-0.2, 0) is 26.0 Å². The van der Waals surface area contributed by atoms with Crippen molar-refractivity contribution in [3.05, 3.63) is 29.7 Å². The first kappa shape index (κ1) is 24.7. The molecule has 0 bridgehead atoms. The fraction of sp³-hybridized carbons (Fsp3) is 0.789. The molecule has 6 atom stereocenters. The molecule has 4 aliphatic rings. The smallest absolute Gasteiger partial charge is 0.529 e. The first-order valence-electron chi connectivity index (χ1n) is 9.05. The molecule has 0 amide bonds. The number of nitrogens with one attached hydrogen (secondary N) is 1. The van der Waals surface area contributed by atoms with Crippen molar-refractivity contribution in [3.63, 3.8) is 0 Å². The van der Waals surface area contributed by atoms with Gasteiger partial charge in [-0.25, -0.2) is 5.90 Å². The van der Waals surface area contributed by atoms with Crippen LogP contribution in [0, 0.1) is 28.6 Å². The van der Waals surface area contributed by atoms with Crippen LogP contribution in [-0.4, -0.2) is 11.2 Å². The SMILES string of the molecule is C[C@@]12CCCC1C1CCC3=C[C@@H](O)C=C[C@]3(C)C1CC2.[K+].[NH-]ON.[W]. The summed E-state index contributed by atoms with van der Waals surface area (Å²) in [5, 5.41) is 9.89. The van der Waals surface area contributed by atoms with E-state index < -0.39 is 0 Å². The Morgan fingerprint density at radius 2 is 1.88 bits per heavy atom. The van der Waals surface area contributed by atoms with Gasteiger partial charge in [-0.05, 0) is 61.7 Å². The van der Waals surface area contributed by atoms with Crippen LogP contribution in [0.15, 0.2) is 23.8 Å². The Morgan fingerprint density at radius 3 is 2.56 bits per heavy atom. The second kappa shape index (κ2) is 9.91. The minimum Gasteiger partial charge on any atom is -0.529 e. The number of aliphatic hydroxyl groups is 1. The van der Waals surface area contributed by atoms with E-state index >= 15 is 0 Å². The van der Waals surface area contributed by atoms with Gasteiger partial charge in [-0.3, -0.25) is 0 Å². The Labute approximate surface area is 209 Å². The maximum atomic E-state index is 9.89. The van der Waals surface area contributed by atoms with Crippen LogP contribution in [0.4, 0.5) is 0 Å². The first-order chi connectivity index (χ1) is 10.9. The van der Waals surface area contributed by atoms with Gasteiger partial charge >= 0.3 is 51.4 Å². The molecule has 0 aromatic carbocycles. The van der Waals surface area contributed by atoms with Crippen LogP contribution < -0.4 is 57.3 Å². The molecular weight excluding hydrogens is 511 g/mol. The largest absolute Gasteiger partial charge is 1.00 e. The van der Waals surface area contributed by atoms with Gasteiger partial charge in [0.15, 0.2) is 0 Å². The Bertz CT molecular complexity index is 516. The molecule has 4 N–H and O–H groups in total. The van der Waals surface area contributed by atoms with Crippen molar-refractivity contribution in [3.8, 4) is 0 Å². The summed E-state index contributed by atoms with van der Waals surface area (Å²) in [6.07, 6.45) is 16.0. The van der Waals surface area contributed by atoms with Crippen LogP contribution in [0.1, 0.15) is 58.8 Å². The molecule has 0 aliphatic heterocycles. The van der Waals surface area contributed by atoms with Crippen molar-refractivity contribution >= 4 is 0 Å². The van der Waals surface area contributed by atoms with Gasteiger partial charge in [0.25, 0.3) is 0 Å². The van der Waals surface area contributed by atoms with E-state index in [1.807, 2.05) is 6.08 Å². The molecule has 6 heteroatoms. The molecule has 4 nitrogen and oxygen atoms in total. The average molecular weight is 542 g/mol. The standard InChI is InChI=1S/C19H28O.K.H3N2O.W/c1-18-9-3-4-16(18)15-6-5-13-12-14(20)7-11-19(13,2)17(15)8-10-18;;1-3-2;/h7,11-12,14-17,20H,3-6,8-10H2,1-2H3;;1H,2H2;/q;+1;-1;/t14-,15?,16?,17?,18-,19-;;;/m0.../s1. The summed E-state index contributed by atoms with van der Waals surface area (Å²) in [6.45, 7) is 5.00. The quantitative estimate of drug-likeness (QED) is 0.276. The van der Waals surface area contributed by atoms with Gasteiger partial charge in [0.1, 0.15) is 0 Å². The van der Waals surface area contributed by atoms with Crippen LogP contribution in [0.5, 0.6) is 0 Å². The van der Waals surface area contributed by atoms with Crippen molar-refractivity contribution in [2.75, 3.05) is 0 Å². The molecule has 3 saturated carbocycles. The molecule has 4 rings (SSSR count). The fourth-order valence-electron chi connectivity index (χ4n) is 6.31. The van der Waals surface area contributed by atoms with E-state index in [-0.39, 0.29) is 84.0 Å². The van der Waals surface area contributed by atoms with E-state index in [1.165, 1.54) is 50.5 Å². The molecule has 0 spiro atoms. The average Bonchev–Trinajstić information content (AvgIpc) is 2.90. The number of fused-ring (bicyclic) bond motifs is 5. The minimum absolute atomic E-state index is 0. The van der Waals surface area contributed by atoms with Crippen LogP contribution in [0.2, 0.25) is 0 Å². The number of hydrogen-bond donors (Lipinski definition) is 2. The molecule has 0 saturated heterocycles. The zero-order chi connectivity index (χ0) is 16.7. The molecule has 136 valence electrons. The molecule has 0 aromatic heterocycles. The van der Waals surface area contributed by atoms with E-state index in [9.17, 15) is 5.11 Å². The van der Waals surface area contributed by atoms with Crippen molar-refractivity contribution in [2.24, 2.45) is 34.5 Å². The van der Waals surface area contributed by atoms with Gasteiger partial charge in [-0.2, -0.15) is 0 Å². The molecule has 3 unspecified atom stereocenters. The summed E-state index contributed by atoms with van der Waals surface area (Å²) in [4.78, 5) is 3.00. The number of rotatable bonds is 0. The Morgan fingerprint density at radius 1 is 1.20 bits per heavy atom. The maximum absolute atomic E-state index is 9.89. The molecule has 0 radical (unpaired) electrons. The van der Waals surface area contributed by atoms with Gasteiger partial charge < -0.3 is 15.9 Å². The second-order valence-electron chi connectivity index (χ2n) is 8.44. The summed E-state index contributed by atoms with van der Waals surface area (Å²) >= 11 is 0. The normalized spacial score (nSPS) is 43.8. The molecular formula is C19H31KN2O2W. The first-order valence-corrected chi connectivity index (χ1v) is 9.05. The third kappa shape index (κ3) is 4.63. The van der Waals surface area contributed by atoms with Crippen molar-refractivity contribution in [2.45, 2.75) is 64.9 Å². The summed E-state index contributed by atoms with van der Waals surface area (Å²) < 4.78 is 0. The molecule has 3 fully saturated rings. The van der Waals surface area contributed by atoms with Crippen LogP contribution >= 0.6 is 0 Å². The predicted molar refractivity (Wildman–Crippen MR) is 91.8 cm³/mol. The summed E-state index contributed by atoms with van der Waals surface area (Å²) in [5.74, 6) is 12.2. The molecule has 25 heavy (non-hydrogen) atoms. The Kier molecular flexibility index (Phi) is 9.78. The van der Waals surface area contributed by atoms with Gasteiger partial charge in [-0.15, -0.1) is 0 Å². The topological polar surface area (TPSA) is 79.3 Å². The van der Waals surface area contributed by atoms with Crippen molar-refractivity contribution in [1.82, 2.24) is 0 Å². The van der Waals surface area contributed by atoms with Crippen molar-refractivity contribution in [1.29, 1.82) is 0 Å². The van der Waals surface area contributed by atoms with E-state index in [2.05, 4.69) is 36.8 Å². The van der Waals surface area contributed by atoms with E-state index in [0.717, 1.165) is 17.8 Å². The molecule has 0 heterocycles. The molecule has 0 aromatic rings. The third-order valence-corrected chi connectivity index (χ3v) is 7.44.